The SMILES string of the molecule is CC(C)(C)OC(=O)N[C@H]1COCCN(Cc2ccccc2)C1. The van der Waals surface area contributed by atoms with Crippen LogP contribution in [0.15, 0.2) is 30.3 Å². The lowest BCUT2D eigenvalue weighted by Gasteiger charge is -2.26. The van der Waals surface area contributed by atoms with Crippen molar-refractivity contribution in [3.05, 3.63) is 35.9 Å². The van der Waals surface area contributed by atoms with Crippen LogP contribution in [0, 0.1) is 0 Å². The predicted octanol–water partition coefficient (Wildman–Crippen LogP) is 2.41. The van der Waals surface area contributed by atoms with E-state index in [1.807, 2.05) is 39.0 Å². The van der Waals surface area contributed by atoms with Gasteiger partial charge >= 0.3 is 6.09 Å². The van der Waals surface area contributed by atoms with Gasteiger partial charge in [-0.15, -0.1) is 0 Å². The van der Waals surface area contributed by atoms with E-state index in [4.69, 9.17) is 9.47 Å². The summed E-state index contributed by atoms with van der Waals surface area (Å²) >= 11 is 0. The Morgan fingerprint density at radius 1 is 1.36 bits per heavy atom. The summed E-state index contributed by atoms with van der Waals surface area (Å²) in [5, 5.41) is 2.90. The Hall–Kier alpha value is -1.59. The van der Waals surface area contributed by atoms with Gasteiger partial charge in [0.05, 0.1) is 19.3 Å². The van der Waals surface area contributed by atoms with Crippen molar-refractivity contribution in [1.29, 1.82) is 0 Å². The topological polar surface area (TPSA) is 50.8 Å². The first kappa shape index (κ1) is 16.8. The maximum absolute atomic E-state index is 11.9. The van der Waals surface area contributed by atoms with Gasteiger partial charge < -0.3 is 14.8 Å². The molecule has 1 N–H and O–H groups in total. The summed E-state index contributed by atoms with van der Waals surface area (Å²) in [6, 6.07) is 10.3. The zero-order chi connectivity index (χ0) is 16.0. The number of nitrogens with one attached hydrogen (secondary N) is 1. The minimum Gasteiger partial charge on any atom is -0.444 e. The summed E-state index contributed by atoms with van der Waals surface area (Å²) in [6.45, 7) is 9.25. The van der Waals surface area contributed by atoms with E-state index in [0.717, 1.165) is 19.6 Å². The molecule has 0 unspecified atom stereocenters. The molecule has 0 radical (unpaired) electrons. The molecule has 1 fully saturated rings. The zero-order valence-corrected chi connectivity index (χ0v) is 13.7. The number of hydrogen-bond acceptors (Lipinski definition) is 4. The molecule has 5 heteroatoms. The van der Waals surface area contributed by atoms with E-state index >= 15 is 0 Å². The van der Waals surface area contributed by atoms with Crippen molar-refractivity contribution in [2.75, 3.05) is 26.3 Å². The maximum Gasteiger partial charge on any atom is 0.407 e. The number of alkyl carbamates (subject to hydrolysis) is 1. The van der Waals surface area contributed by atoms with E-state index in [2.05, 4.69) is 22.3 Å². The van der Waals surface area contributed by atoms with Crippen LogP contribution in [0.4, 0.5) is 4.79 Å². The Morgan fingerprint density at radius 3 is 2.77 bits per heavy atom. The number of benzene rings is 1. The van der Waals surface area contributed by atoms with Crippen LogP contribution in [-0.4, -0.2) is 48.9 Å². The number of nitrogens with zero attached hydrogens (tertiary/aromatic N) is 1. The Labute approximate surface area is 132 Å². The van der Waals surface area contributed by atoms with Crippen molar-refractivity contribution in [3.8, 4) is 0 Å². The highest BCUT2D eigenvalue weighted by atomic mass is 16.6. The maximum atomic E-state index is 11.9. The Morgan fingerprint density at radius 2 is 2.09 bits per heavy atom. The van der Waals surface area contributed by atoms with Crippen molar-refractivity contribution in [2.24, 2.45) is 0 Å². The average Bonchev–Trinajstić information content (AvgIpc) is 2.63. The van der Waals surface area contributed by atoms with Crippen LogP contribution < -0.4 is 5.32 Å². The van der Waals surface area contributed by atoms with Gasteiger partial charge in [-0.25, -0.2) is 4.79 Å². The van der Waals surface area contributed by atoms with Crippen LogP contribution in [0.5, 0.6) is 0 Å². The summed E-state index contributed by atoms with van der Waals surface area (Å²) in [6.07, 6.45) is -0.386. The number of carbonyl (C=O) groups excluding carboxylic acids is 1. The van der Waals surface area contributed by atoms with Crippen LogP contribution in [0.25, 0.3) is 0 Å². The largest absolute Gasteiger partial charge is 0.444 e. The van der Waals surface area contributed by atoms with E-state index in [9.17, 15) is 4.79 Å². The van der Waals surface area contributed by atoms with Crippen LogP contribution in [-0.2, 0) is 16.0 Å². The van der Waals surface area contributed by atoms with Crippen molar-refractivity contribution in [1.82, 2.24) is 10.2 Å². The van der Waals surface area contributed by atoms with E-state index in [1.54, 1.807) is 0 Å². The van der Waals surface area contributed by atoms with Crippen LogP contribution in [0.1, 0.15) is 26.3 Å². The van der Waals surface area contributed by atoms with E-state index in [-0.39, 0.29) is 12.1 Å². The molecule has 1 heterocycles. The smallest absolute Gasteiger partial charge is 0.407 e. The average molecular weight is 306 g/mol. The fraction of sp³-hybridized carbons (Fsp3) is 0.588. The second kappa shape index (κ2) is 7.61. The first-order chi connectivity index (χ1) is 10.4. The highest BCUT2D eigenvalue weighted by Crippen LogP contribution is 2.10. The van der Waals surface area contributed by atoms with Crippen molar-refractivity contribution < 1.29 is 14.3 Å². The molecule has 0 aliphatic carbocycles. The molecule has 0 saturated carbocycles. The molecule has 1 amide bonds. The van der Waals surface area contributed by atoms with E-state index in [1.165, 1.54) is 5.56 Å². The second-order valence-corrected chi connectivity index (χ2v) is 6.64. The molecule has 0 bridgehead atoms. The van der Waals surface area contributed by atoms with Crippen LogP contribution in [0.2, 0.25) is 0 Å². The molecular weight excluding hydrogens is 280 g/mol. The van der Waals surface area contributed by atoms with Gasteiger partial charge in [-0.3, -0.25) is 4.90 Å². The lowest BCUT2D eigenvalue weighted by atomic mass is 10.2. The van der Waals surface area contributed by atoms with Gasteiger partial charge in [0, 0.05) is 19.6 Å². The lowest BCUT2D eigenvalue weighted by molar-refractivity contribution is 0.0462. The van der Waals surface area contributed by atoms with Gasteiger partial charge in [-0.2, -0.15) is 0 Å². The van der Waals surface area contributed by atoms with E-state index < -0.39 is 5.60 Å². The predicted molar refractivity (Wildman–Crippen MR) is 85.7 cm³/mol. The molecule has 1 saturated heterocycles. The molecule has 1 aliphatic rings. The Bertz CT molecular complexity index is 471. The summed E-state index contributed by atoms with van der Waals surface area (Å²) in [5.74, 6) is 0. The fourth-order valence-corrected chi connectivity index (χ4v) is 2.42. The van der Waals surface area contributed by atoms with Gasteiger partial charge in [-0.05, 0) is 26.3 Å². The first-order valence-electron chi connectivity index (χ1n) is 7.76. The molecule has 1 aromatic rings. The van der Waals surface area contributed by atoms with Crippen LogP contribution in [0.3, 0.4) is 0 Å². The van der Waals surface area contributed by atoms with Crippen molar-refractivity contribution in [2.45, 2.75) is 39.0 Å². The molecule has 122 valence electrons. The number of rotatable bonds is 3. The monoisotopic (exact) mass is 306 g/mol. The highest BCUT2D eigenvalue weighted by Gasteiger charge is 2.23. The molecule has 22 heavy (non-hydrogen) atoms. The number of carbonyl (C=O) groups is 1. The highest BCUT2D eigenvalue weighted by molar-refractivity contribution is 5.68. The third kappa shape index (κ3) is 6.03. The van der Waals surface area contributed by atoms with Gasteiger partial charge in [0.2, 0.25) is 0 Å². The minimum absolute atomic E-state index is 0.0546. The third-order valence-electron chi connectivity index (χ3n) is 3.32. The summed E-state index contributed by atoms with van der Waals surface area (Å²) < 4.78 is 10.9. The van der Waals surface area contributed by atoms with Gasteiger partial charge in [-0.1, -0.05) is 30.3 Å². The van der Waals surface area contributed by atoms with Crippen LogP contribution >= 0.6 is 0 Å². The lowest BCUT2D eigenvalue weighted by Crippen LogP contribution is -2.46. The Balaban J connectivity index is 1.88. The van der Waals surface area contributed by atoms with E-state index in [0.29, 0.717) is 13.2 Å². The number of amides is 1. The van der Waals surface area contributed by atoms with Crippen molar-refractivity contribution in [3.63, 3.8) is 0 Å². The second-order valence-electron chi connectivity index (χ2n) is 6.64. The quantitative estimate of drug-likeness (QED) is 0.932. The number of hydrogen-bond donors (Lipinski definition) is 1. The molecule has 1 atom stereocenters. The Kier molecular flexibility index (Phi) is 5.80. The summed E-state index contributed by atoms with van der Waals surface area (Å²) in [4.78, 5) is 14.2. The minimum atomic E-state index is -0.487. The fourth-order valence-electron chi connectivity index (χ4n) is 2.42. The molecule has 1 aliphatic heterocycles. The first-order valence-corrected chi connectivity index (χ1v) is 7.76. The van der Waals surface area contributed by atoms with Gasteiger partial charge in [0.15, 0.2) is 0 Å². The standard InChI is InChI=1S/C17H26N2O3/c1-17(2,3)22-16(20)18-15-12-19(9-10-21-13-15)11-14-7-5-4-6-8-14/h4-8,15H,9-13H2,1-3H3,(H,18,20)/t15-/m1/s1. The molecule has 1 aromatic carbocycles. The van der Waals surface area contributed by atoms with Gasteiger partial charge in [0.25, 0.3) is 0 Å². The molecule has 2 rings (SSSR count). The van der Waals surface area contributed by atoms with Gasteiger partial charge in [0.1, 0.15) is 5.60 Å². The zero-order valence-electron chi connectivity index (χ0n) is 13.7. The molecule has 5 nitrogen and oxygen atoms in total. The van der Waals surface area contributed by atoms with Crippen molar-refractivity contribution >= 4 is 6.09 Å². The molecule has 0 spiro atoms. The summed E-state index contributed by atoms with van der Waals surface area (Å²) in [7, 11) is 0. The normalized spacial score (nSPS) is 20.2. The summed E-state index contributed by atoms with van der Waals surface area (Å²) in [5.41, 5.74) is 0.778. The number of ether oxygens (including phenoxy) is 2. The molecule has 0 aromatic heterocycles. The molecular formula is C17H26N2O3. The third-order valence-corrected chi connectivity index (χ3v) is 3.32.